The van der Waals surface area contributed by atoms with Crippen LogP contribution in [0.3, 0.4) is 0 Å². The van der Waals surface area contributed by atoms with E-state index >= 15 is 0 Å². The standard InChI is InChI=1S/C25H32N4O/c1-18-22-13-7-14-28(16-19-8-3-2-4-9-19)24(22)27-23(26-18)21-12-6-15-29(17-21)25(30)20-10-5-11-20/h2-4,8-9,20-21H,5-7,10-17H2,1H3. The van der Waals surface area contributed by atoms with Gasteiger partial charge in [-0.05, 0) is 51.0 Å². The first-order valence-electron chi connectivity index (χ1n) is 11.6. The number of carbonyl (C=O) groups is 1. The van der Waals surface area contributed by atoms with Gasteiger partial charge in [0.2, 0.25) is 5.91 Å². The molecule has 1 aromatic carbocycles. The summed E-state index contributed by atoms with van der Waals surface area (Å²) in [6.07, 6.45) is 7.69. The van der Waals surface area contributed by atoms with Crippen LogP contribution < -0.4 is 4.90 Å². The number of amides is 1. The highest BCUT2D eigenvalue weighted by atomic mass is 16.2. The van der Waals surface area contributed by atoms with Crippen molar-refractivity contribution in [2.75, 3.05) is 24.5 Å². The predicted molar refractivity (Wildman–Crippen MR) is 118 cm³/mol. The smallest absolute Gasteiger partial charge is 0.225 e. The Morgan fingerprint density at radius 1 is 1.03 bits per heavy atom. The Hall–Kier alpha value is -2.43. The fourth-order valence-electron chi connectivity index (χ4n) is 5.15. The normalized spacial score (nSPS) is 21.8. The van der Waals surface area contributed by atoms with E-state index in [0.29, 0.717) is 5.91 Å². The second kappa shape index (κ2) is 8.37. The van der Waals surface area contributed by atoms with Gasteiger partial charge >= 0.3 is 0 Å². The molecule has 3 heterocycles. The lowest BCUT2D eigenvalue weighted by Gasteiger charge is -2.37. The molecule has 2 aliphatic heterocycles. The highest BCUT2D eigenvalue weighted by Gasteiger charge is 2.34. The van der Waals surface area contributed by atoms with Crippen LogP contribution in [0.4, 0.5) is 5.82 Å². The zero-order valence-corrected chi connectivity index (χ0v) is 18.0. The molecule has 0 N–H and O–H groups in total. The van der Waals surface area contributed by atoms with Crippen molar-refractivity contribution in [2.24, 2.45) is 5.92 Å². The lowest BCUT2D eigenvalue weighted by molar-refractivity contribution is -0.139. The second-order valence-electron chi connectivity index (χ2n) is 9.23. The van der Waals surface area contributed by atoms with E-state index < -0.39 is 0 Å². The number of hydrogen-bond donors (Lipinski definition) is 0. The molecule has 1 aliphatic carbocycles. The maximum absolute atomic E-state index is 12.8. The molecular formula is C25H32N4O. The summed E-state index contributed by atoms with van der Waals surface area (Å²) in [5.74, 6) is 2.96. The molecule has 0 spiro atoms. The summed E-state index contributed by atoms with van der Waals surface area (Å²) in [6.45, 7) is 5.74. The summed E-state index contributed by atoms with van der Waals surface area (Å²) in [5.41, 5.74) is 3.74. The van der Waals surface area contributed by atoms with Gasteiger partial charge in [0, 0.05) is 49.3 Å². The largest absolute Gasteiger partial charge is 0.352 e. The first kappa shape index (κ1) is 19.5. The van der Waals surface area contributed by atoms with Gasteiger partial charge in [0.1, 0.15) is 11.6 Å². The van der Waals surface area contributed by atoms with Gasteiger partial charge in [-0.15, -0.1) is 0 Å². The van der Waals surface area contributed by atoms with Crippen LogP contribution >= 0.6 is 0 Å². The number of nitrogens with zero attached hydrogens (tertiary/aromatic N) is 4. The minimum absolute atomic E-state index is 0.257. The van der Waals surface area contributed by atoms with Crippen LogP contribution in [-0.4, -0.2) is 40.4 Å². The van der Waals surface area contributed by atoms with Crippen molar-refractivity contribution in [3.63, 3.8) is 0 Å². The molecule has 2 fully saturated rings. The van der Waals surface area contributed by atoms with Crippen LogP contribution in [0, 0.1) is 12.8 Å². The maximum atomic E-state index is 12.8. The SMILES string of the molecule is Cc1nc(C2CCCN(C(=O)C3CCC3)C2)nc2c1CCCN2Cc1ccccc1. The molecule has 1 aromatic heterocycles. The van der Waals surface area contributed by atoms with Crippen molar-refractivity contribution in [1.82, 2.24) is 14.9 Å². The number of benzene rings is 1. The molecule has 5 heteroatoms. The number of piperidine rings is 1. The van der Waals surface area contributed by atoms with E-state index in [1.807, 2.05) is 0 Å². The molecule has 1 atom stereocenters. The molecule has 0 bridgehead atoms. The molecule has 5 nitrogen and oxygen atoms in total. The minimum atomic E-state index is 0.257. The van der Waals surface area contributed by atoms with Gasteiger partial charge in [-0.1, -0.05) is 36.8 Å². The quantitative estimate of drug-likeness (QED) is 0.765. The average molecular weight is 405 g/mol. The summed E-state index contributed by atoms with van der Waals surface area (Å²) in [6, 6.07) is 10.7. The lowest BCUT2D eigenvalue weighted by atomic mass is 9.83. The van der Waals surface area contributed by atoms with Crippen molar-refractivity contribution in [1.29, 1.82) is 0 Å². The fourth-order valence-corrected chi connectivity index (χ4v) is 5.15. The average Bonchev–Trinajstić information content (AvgIpc) is 2.74. The number of hydrogen-bond acceptors (Lipinski definition) is 4. The molecule has 30 heavy (non-hydrogen) atoms. The van der Waals surface area contributed by atoms with Gasteiger partial charge in [0.05, 0.1) is 0 Å². The Labute approximate surface area is 179 Å². The molecule has 0 radical (unpaired) electrons. The summed E-state index contributed by atoms with van der Waals surface area (Å²) >= 11 is 0. The minimum Gasteiger partial charge on any atom is -0.352 e. The highest BCUT2D eigenvalue weighted by molar-refractivity contribution is 5.79. The number of anilines is 1. The first-order chi connectivity index (χ1) is 14.7. The Bertz CT molecular complexity index is 909. The van der Waals surface area contributed by atoms with Crippen molar-refractivity contribution >= 4 is 11.7 Å². The number of rotatable bonds is 4. The van der Waals surface area contributed by atoms with Gasteiger partial charge in [-0.2, -0.15) is 0 Å². The Kier molecular flexibility index (Phi) is 5.45. The molecule has 158 valence electrons. The third kappa shape index (κ3) is 3.82. The third-order valence-corrected chi connectivity index (χ3v) is 7.13. The summed E-state index contributed by atoms with van der Waals surface area (Å²) in [7, 11) is 0. The Balaban J connectivity index is 1.39. The second-order valence-corrected chi connectivity index (χ2v) is 9.23. The molecule has 3 aliphatic rings. The molecule has 1 unspecified atom stereocenters. The number of likely N-dealkylation sites (tertiary alicyclic amines) is 1. The molecule has 5 rings (SSSR count). The highest BCUT2D eigenvalue weighted by Crippen LogP contribution is 2.34. The van der Waals surface area contributed by atoms with Crippen LogP contribution in [0.25, 0.3) is 0 Å². The molecule has 2 aromatic rings. The van der Waals surface area contributed by atoms with Crippen LogP contribution in [0.1, 0.15) is 67.1 Å². The topological polar surface area (TPSA) is 49.3 Å². The number of aromatic nitrogens is 2. The summed E-state index contributed by atoms with van der Waals surface area (Å²) < 4.78 is 0. The van der Waals surface area contributed by atoms with Crippen molar-refractivity contribution < 1.29 is 4.79 Å². The molecule has 1 saturated carbocycles. The predicted octanol–water partition coefficient (Wildman–Crippen LogP) is 4.24. The van der Waals surface area contributed by atoms with Gasteiger partial charge in [0.15, 0.2) is 0 Å². The van der Waals surface area contributed by atoms with E-state index in [1.54, 1.807) is 0 Å². The first-order valence-corrected chi connectivity index (χ1v) is 11.6. The fraction of sp³-hybridized carbons (Fsp3) is 0.560. The van der Waals surface area contributed by atoms with Crippen LogP contribution in [-0.2, 0) is 17.8 Å². The zero-order chi connectivity index (χ0) is 20.5. The van der Waals surface area contributed by atoms with E-state index in [0.717, 1.165) is 82.0 Å². The van der Waals surface area contributed by atoms with Gasteiger partial charge in [-0.25, -0.2) is 9.97 Å². The van der Waals surface area contributed by atoms with Crippen LogP contribution in [0.2, 0.25) is 0 Å². The van der Waals surface area contributed by atoms with Crippen LogP contribution in [0.15, 0.2) is 30.3 Å². The van der Waals surface area contributed by atoms with E-state index in [9.17, 15) is 4.79 Å². The van der Waals surface area contributed by atoms with Crippen molar-refractivity contribution in [3.05, 3.63) is 53.0 Å². The van der Waals surface area contributed by atoms with Crippen molar-refractivity contribution in [2.45, 2.75) is 64.3 Å². The molecule has 1 amide bonds. The molecule has 1 saturated heterocycles. The number of carbonyl (C=O) groups excluding carboxylic acids is 1. The maximum Gasteiger partial charge on any atom is 0.225 e. The molecular weight excluding hydrogens is 372 g/mol. The van der Waals surface area contributed by atoms with Crippen LogP contribution in [0.5, 0.6) is 0 Å². The van der Waals surface area contributed by atoms with Gasteiger partial charge < -0.3 is 9.80 Å². The lowest BCUT2D eigenvalue weighted by Crippen LogP contribution is -2.44. The Morgan fingerprint density at radius 3 is 2.63 bits per heavy atom. The van der Waals surface area contributed by atoms with E-state index in [4.69, 9.17) is 9.97 Å². The zero-order valence-electron chi connectivity index (χ0n) is 18.0. The third-order valence-electron chi connectivity index (χ3n) is 7.13. The van der Waals surface area contributed by atoms with E-state index in [2.05, 4.69) is 47.1 Å². The van der Waals surface area contributed by atoms with E-state index in [1.165, 1.54) is 17.5 Å². The summed E-state index contributed by atoms with van der Waals surface area (Å²) in [4.78, 5) is 27.4. The summed E-state index contributed by atoms with van der Waals surface area (Å²) in [5, 5.41) is 0. The number of fused-ring (bicyclic) bond motifs is 1. The Morgan fingerprint density at radius 2 is 1.87 bits per heavy atom. The van der Waals surface area contributed by atoms with E-state index in [-0.39, 0.29) is 11.8 Å². The monoisotopic (exact) mass is 404 g/mol. The van der Waals surface area contributed by atoms with Gasteiger partial charge in [-0.3, -0.25) is 4.79 Å². The van der Waals surface area contributed by atoms with Gasteiger partial charge in [0.25, 0.3) is 0 Å². The number of aryl methyl sites for hydroxylation is 1. The van der Waals surface area contributed by atoms with Crippen molar-refractivity contribution in [3.8, 4) is 0 Å².